The van der Waals surface area contributed by atoms with Crippen LogP contribution in [0.1, 0.15) is 31.2 Å². The Morgan fingerprint density at radius 1 is 1.33 bits per heavy atom. The second kappa shape index (κ2) is 7.56. The molecule has 2 aromatic rings. The van der Waals surface area contributed by atoms with Gasteiger partial charge in [0.25, 0.3) is 5.89 Å². The van der Waals surface area contributed by atoms with E-state index in [1.807, 2.05) is 12.1 Å². The third-order valence-corrected chi connectivity index (χ3v) is 3.30. The van der Waals surface area contributed by atoms with Crippen molar-refractivity contribution in [1.82, 2.24) is 15.5 Å². The molecule has 0 saturated carbocycles. The number of hydrogen-bond acceptors (Lipinski definition) is 5. The number of nitrogens with zero attached hydrogens (tertiary/aromatic N) is 2. The van der Waals surface area contributed by atoms with E-state index in [1.54, 1.807) is 6.92 Å². The van der Waals surface area contributed by atoms with Crippen molar-refractivity contribution in [3.8, 4) is 5.75 Å². The molecule has 0 atom stereocenters. The SMILES string of the molecule is Cc1nnc(COc2ccc(Br)cc2CNCC(C)C)o1. The summed E-state index contributed by atoms with van der Waals surface area (Å²) in [6.07, 6.45) is 0. The highest BCUT2D eigenvalue weighted by Crippen LogP contribution is 2.24. The number of rotatable bonds is 7. The van der Waals surface area contributed by atoms with Gasteiger partial charge in [0.15, 0.2) is 6.61 Å². The van der Waals surface area contributed by atoms with E-state index in [9.17, 15) is 0 Å². The normalized spacial score (nSPS) is 11.1. The highest BCUT2D eigenvalue weighted by atomic mass is 79.9. The van der Waals surface area contributed by atoms with Gasteiger partial charge in [-0.15, -0.1) is 10.2 Å². The zero-order chi connectivity index (χ0) is 15.2. The maximum Gasteiger partial charge on any atom is 0.253 e. The van der Waals surface area contributed by atoms with Crippen LogP contribution in [-0.2, 0) is 13.2 Å². The molecular weight excluding hydrogens is 334 g/mol. The van der Waals surface area contributed by atoms with Crippen molar-refractivity contribution in [2.45, 2.75) is 33.9 Å². The molecule has 1 aromatic carbocycles. The molecule has 0 radical (unpaired) electrons. The molecule has 1 aromatic heterocycles. The predicted octanol–water partition coefficient (Wildman–Crippen LogP) is 3.47. The fourth-order valence-corrected chi connectivity index (χ4v) is 2.27. The quantitative estimate of drug-likeness (QED) is 0.825. The minimum atomic E-state index is 0.277. The summed E-state index contributed by atoms with van der Waals surface area (Å²) < 4.78 is 12.1. The van der Waals surface area contributed by atoms with E-state index < -0.39 is 0 Å². The highest BCUT2D eigenvalue weighted by molar-refractivity contribution is 9.10. The average Bonchev–Trinajstić information content (AvgIpc) is 2.83. The van der Waals surface area contributed by atoms with Gasteiger partial charge in [0, 0.05) is 23.5 Å². The number of ether oxygens (including phenoxy) is 1. The first kappa shape index (κ1) is 16.0. The van der Waals surface area contributed by atoms with E-state index in [0.29, 0.717) is 17.7 Å². The van der Waals surface area contributed by atoms with Crippen LogP contribution in [0.25, 0.3) is 0 Å². The van der Waals surface area contributed by atoms with Crippen molar-refractivity contribution < 1.29 is 9.15 Å². The van der Waals surface area contributed by atoms with Crippen LogP contribution in [-0.4, -0.2) is 16.7 Å². The largest absolute Gasteiger partial charge is 0.483 e. The van der Waals surface area contributed by atoms with Crippen LogP contribution in [0.15, 0.2) is 27.1 Å². The molecule has 0 bridgehead atoms. The van der Waals surface area contributed by atoms with Crippen LogP contribution in [0.5, 0.6) is 5.75 Å². The molecule has 2 rings (SSSR count). The second-order valence-corrected chi connectivity index (χ2v) is 6.20. The lowest BCUT2D eigenvalue weighted by Gasteiger charge is -2.12. The minimum Gasteiger partial charge on any atom is -0.483 e. The van der Waals surface area contributed by atoms with E-state index in [0.717, 1.165) is 28.9 Å². The standard InChI is InChI=1S/C15H20BrN3O2/c1-10(2)7-17-8-12-6-13(16)4-5-14(12)20-9-15-19-18-11(3)21-15/h4-6,10,17H,7-9H2,1-3H3. The first-order chi connectivity index (χ1) is 10.0. The Balaban J connectivity index is 2.00. The van der Waals surface area contributed by atoms with Gasteiger partial charge in [0.05, 0.1) is 0 Å². The Morgan fingerprint density at radius 2 is 2.14 bits per heavy atom. The van der Waals surface area contributed by atoms with Gasteiger partial charge in [0.2, 0.25) is 5.89 Å². The van der Waals surface area contributed by atoms with Crippen LogP contribution < -0.4 is 10.1 Å². The molecule has 1 N–H and O–H groups in total. The predicted molar refractivity (Wildman–Crippen MR) is 84.1 cm³/mol. The molecule has 0 amide bonds. The fraction of sp³-hybridized carbons (Fsp3) is 0.467. The lowest BCUT2D eigenvalue weighted by molar-refractivity contribution is 0.257. The van der Waals surface area contributed by atoms with Gasteiger partial charge in [-0.3, -0.25) is 0 Å². The molecule has 1 heterocycles. The molecule has 0 spiro atoms. The number of benzene rings is 1. The lowest BCUT2D eigenvalue weighted by Crippen LogP contribution is -2.19. The maximum absolute atomic E-state index is 5.79. The Hall–Kier alpha value is -1.40. The van der Waals surface area contributed by atoms with Crippen molar-refractivity contribution in [3.63, 3.8) is 0 Å². The smallest absolute Gasteiger partial charge is 0.253 e. The number of halogens is 1. The van der Waals surface area contributed by atoms with Gasteiger partial charge in [-0.2, -0.15) is 0 Å². The van der Waals surface area contributed by atoms with Crippen molar-refractivity contribution in [2.75, 3.05) is 6.54 Å². The Morgan fingerprint density at radius 3 is 2.81 bits per heavy atom. The van der Waals surface area contributed by atoms with E-state index in [1.165, 1.54) is 0 Å². The number of hydrogen-bond donors (Lipinski definition) is 1. The third-order valence-electron chi connectivity index (χ3n) is 2.81. The number of aryl methyl sites for hydroxylation is 1. The summed E-state index contributed by atoms with van der Waals surface area (Å²) >= 11 is 3.49. The Bertz CT molecular complexity index is 584. The summed E-state index contributed by atoms with van der Waals surface area (Å²) in [4.78, 5) is 0. The van der Waals surface area contributed by atoms with Gasteiger partial charge in [-0.25, -0.2) is 0 Å². The average molecular weight is 354 g/mol. The molecule has 0 saturated heterocycles. The number of aromatic nitrogens is 2. The van der Waals surface area contributed by atoms with Crippen molar-refractivity contribution >= 4 is 15.9 Å². The zero-order valence-corrected chi connectivity index (χ0v) is 14.1. The lowest BCUT2D eigenvalue weighted by atomic mass is 10.2. The van der Waals surface area contributed by atoms with Crippen molar-refractivity contribution in [3.05, 3.63) is 40.0 Å². The maximum atomic E-state index is 5.79. The van der Waals surface area contributed by atoms with Crippen LogP contribution in [0, 0.1) is 12.8 Å². The first-order valence-corrected chi connectivity index (χ1v) is 7.75. The molecule has 0 aliphatic carbocycles. The molecule has 5 nitrogen and oxygen atoms in total. The van der Waals surface area contributed by atoms with E-state index in [-0.39, 0.29) is 6.61 Å². The summed E-state index contributed by atoms with van der Waals surface area (Å²) in [5, 5.41) is 11.1. The highest BCUT2D eigenvalue weighted by Gasteiger charge is 2.08. The molecule has 0 unspecified atom stereocenters. The van der Waals surface area contributed by atoms with Gasteiger partial charge in [-0.1, -0.05) is 29.8 Å². The Kier molecular flexibility index (Phi) is 5.76. The van der Waals surface area contributed by atoms with E-state index in [4.69, 9.17) is 9.15 Å². The van der Waals surface area contributed by atoms with Crippen molar-refractivity contribution in [1.29, 1.82) is 0 Å². The van der Waals surface area contributed by atoms with Crippen LogP contribution >= 0.6 is 15.9 Å². The van der Waals surface area contributed by atoms with Gasteiger partial charge in [0.1, 0.15) is 5.75 Å². The summed E-state index contributed by atoms with van der Waals surface area (Å²) in [7, 11) is 0. The van der Waals surface area contributed by atoms with Crippen molar-refractivity contribution in [2.24, 2.45) is 5.92 Å². The topological polar surface area (TPSA) is 60.2 Å². The third kappa shape index (κ3) is 5.13. The molecule has 0 aliphatic heterocycles. The summed E-state index contributed by atoms with van der Waals surface area (Å²) in [6, 6.07) is 5.96. The second-order valence-electron chi connectivity index (χ2n) is 5.28. The summed E-state index contributed by atoms with van der Waals surface area (Å²) in [5.74, 6) is 2.47. The molecule has 114 valence electrons. The van der Waals surface area contributed by atoms with Crippen LogP contribution in [0.3, 0.4) is 0 Å². The first-order valence-electron chi connectivity index (χ1n) is 6.95. The van der Waals surface area contributed by atoms with Gasteiger partial charge >= 0.3 is 0 Å². The van der Waals surface area contributed by atoms with Crippen LogP contribution in [0.2, 0.25) is 0 Å². The molecule has 0 fully saturated rings. The van der Waals surface area contributed by atoms with E-state index >= 15 is 0 Å². The van der Waals surface area contributed by atoms with Gasteiger partial charge in [-0.05, 0) is 30.7 Å². The fourth-order valence-electron chi connectivity index (χ4n) is 1.86. The molecule has 21 heavy (non-hydrogen) atoms. The molecule has 0 aliphatic rings. The summed E-state index contributed by atoms with van der Waals surface area (Å²) in [6.45, 7) is 8.13. The monoisotopic (exact) mass is 353 g/mol. The van der Waals surface area contributed by atoms with E-state index in [2.05, 4.69) is 51.4 Å². The Labute approximate surface area is 133 Å². The van der Waals surface area contributed by atoms with Gasteiger partial charge < -0.3 is 14.5 Å². The molecular formula is C15H20BrN3O2. The molecule has 6 heteroatoms. The van der Waals surface area contributed by atoms with Crippen LogP contribution in [0.4, 0.5) is 0 Å². The zero-order valence-electron chi connectivity index (χ0n) is 12.5. The minimum absolute atomic E-state index is 0.277. The summed E-state index contributed by atoms with van der Waals surface area (Å²) in [5.41, 5.74) is 1.10. The number of nitrogens with one attached hydrogen (secondary N) is 1.